The molecule has 0 saturated carbocycles. The molecule has 2 aromatic carbocycles. The fraction of sp³-hybridized carbons (Fsp3) is 0.316. The van der Waals surface area contributed by atoms with E-state index in [2.05, 4.69) is 31.2 Å². The topological polar surface area (TPSA) is 29.5 Å². The van der Waals surface area contributed by atoms with Crippen molar-refractivity contribution < 1.29 is 9.53 Å². The number of carbonyl (C=O) groups excluding carboxylic acids is 1. The zero-order chi connectivity index (χ0) is 15.9. The summed E-state index contributed by atoms with van der Waals surface area (Å²) in [6.45, 7) is 4.81. The molecule has 2 rings (SSSR count). The summed E-state index contributed by atoms with van der Waals surface area (Å²) < 4.78 is 5.53. The van der Waals surface area contributed by atoms with Gasteiger partial charge in [-0.15, -0.1) is 0 Å². The number of rotatable bonds is 6. The van der Waals surface area contributed by atoms with E-state index in [0.29, 0.717) is 6.54 Å². The van der Waals surface area contributed by atoms with E-state index in [9.17, 15) is 4.79 Å². The maximum atomic E-state index is 12.1. The Balaban J connectivity index is 1.84. The molecule has 0 aliphatic carbocycles. The van der Waals surface area contributed by atoms with Crippen LogP contribution >= 0.6 is 0 Å². The molecular formula is C19H23NO2. The van der Waals surface area contributed by atoms with Crippen molar-refractivity contribution in [2.45, 2.75) is 26.8 Å². The Bertz CT molecular complexity index is 602. The number of benzene rings is 2. The highest BCUT2D eigenvalue weighted by molar-refractivity contribution is 5.77. The van der Waals surface area contributed by atoms with E-state index < -0.39 is 0 Å². The van der Waals surface area contributed by atoms with Crippen molar-refractivity contribution in [1.82, 2.24) is 4.90 Å². The molecule has 0 aliphatic rings. The first-order valence-electron chi connectivity index (χ1n) is 7.59. The van der Waals surface area contributed by atoms with Crippen molar-refractivity contribution in [2.24, 2.45) is 0 Å². The molecule has 2 aromatic rings. The molecule has 0 aliphatic heterocycles. The Kier molecular flexibility index (Phi) is 5.59. The van der Waals surface area contributed by atoms with Gasteiger partial charge in [0.25, 0.3) is 5.91 Å². The highest BCUT2D eigenvalue weighted by Gasteiger charge is 2.10. The van der Waals surface area contributed by atoms with Crippen LogP contribution in [0.5, 0.6) is 5.75 Å². The van der Waals surface area contributed by atoms with Crippen molar-refractivity contribution in [1.29, 1.82) is 0 Å². The minimum atomic E-state index is -0.0276. The molecule has 0 saturated heterocycles. The van der Waals surface area contributed by atoms with Crippen LogP contribution in [0.25, 0.3) is 0 Å². The molecule has 1 amide bonds. The Morgan fingerprint density at radius 1 is 1.00 bits per heavy atom. The summed E-state index contributed by atoms with van der Waals surface area (Å²) in [5.41, 5.74) is 3.61. The molecule has 116 valence electrons. The van der Waals surface area contributed by atoms with Crippen LogP contribution in [0.15, 0.2) is 48.5 Å². The normalized spacial score (nSPS) is 10.3. The SMILES string of the molecule is CCc1ccc(CN(C)C(=O)COc2ccc(C)cc2)cc1. The number of aryl methyl sites for hydroxylation is 2. The second-order valence-corrected chi connectivity index (χ2v) is 5.52. The maximum absolute atomic E-state index is 12.1. The van der Waals surface area contributed by atoms with Crippen molar-refractivity contribution in [3.05, 3.63) is 65.2 Å². The van der Waals surface area contributed by atoms with Crippen LogP contribution in [-0.2, 0) is 17.8 Å². The van der Waals surface area contributed by atoms with Gasteiger partial charge in [0.1, 0.15) is 5.75 Å². The first-order valence-corrected chi connectivity index (χ1v) is 7.59. The van der Waals surface area contributed by atoms with Gasteiger partial charge in [0.15, 0.2) is 6.61 Å². The van der Waals surface area contributed by atoms with Gasteiger partial charge >= 0.3 is 0 Å². The average molecular weight is 297 g/mol. The van der Waals surface area contributed by atoms with Crippen molar-refractivity contribution >= 4 is 5.91 Å². The zero-order valence-corrected chi connectivity index (χ0v) is 13.5. The van der Waals surface area contributed by atoms with Crippen LogP contribution in [0.4, 0.5) is 0 Å². The standard InChI is InChI=1S/C19H23NO2/c1-4-16-7-9-17(10-8-16)13-20(3)19(21)14-22-18-11-5-15(2)6-12-18/h5-12H,4,13-14H2,1-3H3. The lowest BCUT2D eigenvalue weighted by atomic mass is 10.1. The predicted octanol–water partition coefficient (Wildman–Crippen LogP) is 3.59. The molecule has 0 atom stereocenters. The number of hydrogen-bond acceptors (Lipinski definition) is 2. The number of carbonyl (C=O) groups is 1. The first-order chi connectivity index (χ1) is 10.6. The van der Waals surface area contributed by atoms with E-state index in [0.717, 1.165) is 17.7 Å². The largest absolute Gasteiger partial charge is 0.484 e. The number of nitrogens with zero attached hydrogens (tertiary/aromatic N) is 1. The fourth-order valence-corrected chi connectivity index (χ4v) is 2.13. The van der Waals surface area contributed by atoms with Crippen LogP contribution in [0.2, 0.25) is 0 Å². The molecule has 0 bridgehead atoms. The zero-order valence-electron chi connectivity index (χ0n) is 13.5. The van der Waals surface area contributed by atoms with E-state index >= 15 is 0 Å². The third-order valence-electron chi connectivity index (χ3n) is 3.66. The Morgan fingerprint density at radius 2 is 1.59 bits per heavy atom. The quantitative estimate of drug-likeness (QED) is 0.815. The summed E-state index contributed by atoms with van der Waals surface area (Å²) in [6, 6.07) is 16.1. The van der Waals surface area contributed by atoms with Crippen LogP contribution in [0, 0.1) is 6.92 Å². The van der Waals surface area contributed by atoms with Gasteiger partial charge in [-0.05, 0) is 36.6 Å². The van der Waals surface area contributed by atoms with Crippen molar-refractivity contribution in [3.63, 3.8) is 0 Å². The van der Waals surface area contributed by atoms with Crippen LogP contribution < -0.4 is 4.74 Å². The van der Waals surface area contributed by atoms with E-state index in [-0.39, 0.29) is 12.5 Å². The number of ether oxygens (including phenoxy) is 1. The van der Waals surface area contributed by atoms with E-state index in [1.165, 1.54) is 11.1 Å². The fourth-order valence-electron chi connectivity index (χ4n) is 2.13. The van der Waals surface area contributed by atoms with Crippen LogP contribution in [0.3, 0.4) is 0 Å². The van der Waals surface area contributed by atoms with E-state index in [1.54, 1.807) is 11.9 Å². The summed E-state index contributed by atoms with van der Waals surface area (Å²) in [7, 11) is 1.80. The van der Waals surface area contributed by atoms with E-state index in [1.807, 2.05) is 31.2 Å². The molecule has 3 heteroatoms. The first kappa shape index (κ1) is 16.1. The summed E-state index contributed by atoms with van der Waals surface area (Å²) >= 11 is 0. The highest BCUT2D eigenvalue weighted by Crippen LogP contribution is 2.12. The predicted molar refractivity (Wildman–Crippen MR) is 89.0 cm³/mol. The number of likely N-dealkylation sites (N-methyl/N-ethyl adjacent to an activating group) is 1. The molecule has 3 nitrogen and oxygen atoms in total. The Hall–Kier alpha value is -2.29. The Labute approximate surface area is 132 Å². The molecule has 0 radical (unpaired) electrons. The van der Waals surface area contributed by atoms with Gasteiger partial charge in [-0.2, -0.15) is 0 Å². The molecule has 0 spiro atoms. The molecule has 0 N–H and O–H groups in total. The number of amides is 1. The average Bonchev–Trinajstić information content (AvgIpc) is 2.54. The second kappa shape index (κ2) is 7.64. The third-order valence-corrected chi connectivity index (χ3v) is 3.66. The smallest absolute Gasteiger partial charge is 0.260 e. The lowest BCUT2D eigenvalue weighted by Crippen LogP contribution is -2.30. The summed E-state index contributed by atoms with van der Waals surface area (Å²) in [5, 5.41) is 0. The molecule has 0 fully saturated rings. The third kappa shape index (κ3) is 4.62. The summed E-state index contributed by atoms with van der Waals surface area (Å²) in [4.78, 5) is 13.8. The summed E-state index contributed by atoms with van der Waals surface area (Å²) in [6.07, 6.45) is 1.03. The second-order valence-electron chi connectivity index (χ2n) is 5.52. The Morgan fingerprint density at radius 3 is 2.18 bits per heavy atom. The molecule has 0 aromatic heterocycles. The van der Waals surface area contributed by atoms with Gasteiger partial charge in [-0.1, -0.05) is 48.9 Å². The highest BCUT2D eigenvalue weighted by atomic mass is 16.5. The maximum Gasteiger partial charge on any atom is 0.260 e. The molecule has 0 unspecified atom stereocenters. The van der Waals surface area contributed by atoms with E-state index in [4.69, 9.17) is 4.74 Å². The van der Waals surface area contributed by atoms with Gasteiger partial charge in [-0.25, -0.2) is 0 Å². The lowest BCUT2D eigenvalue weighted by molar-refractivity contribution is -0.132. The van der Waals surface area contributed by atoms with Gasteiger partial charge < -0.3 is 9.64 Å². The molecular weight excluding hydrogens is 274 g/mol. The van der Waals surface area contributed by atoms with Gasteiger partial charge in [-0.3, -0.25) is 4.79 Å². The monoisotopic (exact) mass is 297 g/mol. The lowest BCUT2D eigenvalue weighted by Gasteiger charge is -2.18. The summed E-state index contributed by atoms with van der Waals surface area (Å²) in [5.74, 6) is 0.694. The van der Waals surface area contributed by atoms with Crippen molar-refractivity contribution in [2.75, 3.05) is 13.7 Å². The van der Waals surface area contributed by atoms with Gasteiger partial charge in [0.2, 0.25) is 0 Å². The molecule has 0 heterocycles. The number of hydrogen-bond donors (Lipinski definition) is 0. The van der Waals surface area contributed by atoms with Crippen LogP contribution in [0.1, 0.15) is 23.6 Å². The van der Waals surface area contributed by atoms with Crippen molar-refractivity contribution in [3.8, 4) is 5.75 Å². The minimum absolute atomic E-state index is 0.0276. The molecule has 22 heavy (non-hydrogen) atoms. The minimum Gasteiger partial charge on any atom is -0.484 e. The van der Waals surface area contributed by atoms with Gasteiger partial charge in [0.05, 0.1) is 0 Å². The van der Waals surface area contributed by atoms with Gasteiger partial charge in [0, 0.05) is 13.6 Å². The van der Waals surface area contributed by atoms with Crippen LogP contribution in [-0.4, -0.2) is 24.5 Å².